The molecule has 1 aromatic carbocycles. The normalized spacial score (nSPS) is 20.4. The number of carbonyl (C=O) groups is 1. The molecule has 0 radical (unpaired) electrons. The van der Waals surface area contributed by atoms with E-state index in [4.69, 9.17) is 0 Å². The highest BCUT2D eigenvalue weighted by atomic mass is 19.1. The first-order valence-corrected chi connectivity index (χ1v) is 10.4. The van der Waals surface area contributed by atoms with Crippen LogP contribution in [0.25, 0.3) is 5.69 Å². The van der Waals surface area contributed by atoms with Crippen molar-refractivity contribution >= 4 is 11.9 Å². The number of halogens is 1. The van der Waals surface area contributed by atoms with E-state index in [1.54, 1.807) is 0 Å². The van der Waals surface area contributed by atoms with Crippen LogP contribution in [-0.2, 0) is 0 Å². The number of carbonyl (C=O) groups excluding carboxylic acids is 1. The van der Waals surface area contributed by atoms with Crippen LogP contribution < -0.4 is 4.90 Å². The number of anilines is 1. The van der Waals surface area contributed by atoms with Gasteiger partial charge in [-0.25, -0.2) is 14.4 Å². The molecule has 31 heavy (non-hydrogen) atoms. The molecule has 0 bridgehead atoms. The third-order valence-corrected chi connectivity index (χ3v) is 6.50. The maximum absolute atomic E-state index is 13.8. The molecule has 2 aromatic heterocycles. The standard InChI is InChI=1S/C22H24FN7O/c1-13-14(2)26-22(27-15(13)3)29-11-16-9-28(10-17(16)12-29)21(31)19-5-4-18(23)8-20(19)30-24-6-7-25-30/h4-8,16-17H,9-12H2,1-3H3. The summed E-state index contributed by atoms with van der Waals surface area (Å²) in [5.41, 5.74) is 3.90. The Hall–Kier alpha value is -3.36. The maximum Gasteiger partial charge on any atom is 0.256 e. The summed E-state index contributed by atoms with van der Waals surface area (Å²) < 4.78 is 13.8. The molecule has 8 nitrogen and oxygen atoms in total. The highest BCUT2D eigenvalue weighted by Crippen LogP contribution is 2.34. The summed E-state index contributed by atoms with van der Waals surface area (Å²) in [6, 6.07) is 4.12. The molecular weight excluding hydrogens is 397 g/mol. The predicted molar refractivity (Wildman–Crippen MR) is 113 cm³/mol. The van der Waals surface area contributed by atoms with E-state index >= 15 is 0 Å². The zero-order chi connectivity index (χ0) is 21.7. The van der Waals surface area contributed by atoms with Crippen molar-refractivity contribution in [2.24, 2.45) is 11.8 Å². The van der Waals surface area contributed by atoms with Gasteiger partial charge in [0.15, 0.2) is 0 Å². The van der Waals surface area contributed by atoms with Crippen molar-refractivity contribution in [3.8, 4) is 5.69 Å². The zero-order valence-electron chi connectivity index (χ0n) is 17.8. The van der Waals surface area contributed by atoms with Crippen LogP contribution in [-0.4, -0.2) is 61.9 Å². The number of benzene rings is 1. The third kappa shape index (κ3) is 3.43. The predicted octanol–water partition coefficient (Wildman–Crippen LogP) is 2.33. The van der Waals surface area contributed by atoms with Crippen LogP contribution in [0.4, 0.5) is 10.3 Å². The van der Waals surface area contributed by atoms with E-state index in [9.17, 15) is 9.18 Å². The molecule has 2 unspecified atom stereocenters. The fraction of sp³-hybridized carbons (Fsp3) is 0.409. The molecule has 0 aliphatic carbocycles. The number of nitrogens with zero attached hydrogens (tertiary/aromatic N) is 7. The highest BCUT2D eigenvalue weighted by Gasteiger charge is 2.43. The number of hydrogen-bond acceptors (Lipinski definition) is 6. The van der Waals surface area contributed by atoms with Crippen molar-refractivity contribution in [2.45, 2.75) is 20.8 Å². The number of fused-ring (bicyclic) bond motifs is 1. The molecule has 2 aliphatic heterocycles. The van der Waals surface area contributed by atoms with Crippen molar-refractivity contribution in [1.29, 1.82) is 0 Å². The minimum atomic E-state index is -0.429. The minimum absolute atomic E-state index is 0.119. The maximum atomic E-state index is 13.8. The van der Waals surface area contributed by atoms with Crippen LogP contribution in [0, 0.1) is 38.4 Å². The number of likely N-dealkylation sites (tertiary alicyclic amines) is 1. The summed E-state index contributed by atoms with van der Waals surface area (Å²) in [5.74, 6) is 0.953. The van der Waals surface area contributed by atoms with Gasteiger partial charge in [0.2, 0.25) is 5.95 Å². The molecule has 2 aliphatic rings. The van der Waals surface area contributed by atoms with Gasteiger partial charge in [-0.2, -0.15) is 15.0 Å². The summed E-state index contributed by atoms with van der Waals surface area (Å²) in [6.45, 7) is 9.04. The quantitative estimate of drug-likeness (QED) is 0.646. The van der Waals surface area contributed by atoms with E-state index in [1.807, 2.05) is 25.7 Å². The van der Waals surface area contributed by atoms with Gasteiger partial charge in [-0.05, 0) is 38.5 Å². The van der Waals surface area contributed by atoms with E-state index in [2.05, 4.69) is 25.1 Å². The summed E-state index contributed by atoms with van der Waals surface area (Å²) in [5, 5.41) is 8.13. The molecule has 0 spiro atoms. The molecule has 2 fully saturated rings. The molecule has 3 aromatic rings. The Bertz CT molecular complexity index is 1110. The number of rotatable bonds is 3. The van der Waals surface area contributed by atoms with Crippen LogP contribution in [0.2, 0.25) is 0 Å². The molecule has 160 valence electrons. The van der Waals surface area contributed by atoms with Crippen molar-refractivity contribution in [2.75, 3.05) is 31.1 Å². The smallest absolute Gasteiger partial charge is 0.256 e. The largest absolute Gasteiger partial charge is 0.340 e. The van der Waals surface area contributed by atoms with Crippen LogP contribution in [0.3, 0.4) is 0 Å². The monoisotopic (exact) mass is 421 g/mol. The number of aryl methyl sites for hydroxylation is 2. The number of hydrogen-bond donors (Lipinski definition) is 0. The van der Waals surface area contributed by atoms with Gasteiger partial charge in [0.05, 0.1) is 18.0 Å². The summed E-state index contributed by atoms with van der Waals surface area (Å²) in [7, 11) is 0. The van der Waals surface area contributed by atoms with Gasteiger partial charge < -0.3 is 9.80 Å². The first-order chi connectivity index (χ1) is 14.9. The van der Waals surface area contributed by atoms with Crippen LogP contribution in [0.1, 0.15) is 27.3 Å². The van der Waals surface area contributed by atoms with Crippen LogP contribution in [0.5, 0.6) is 0 Å². The SMILES string of the molecule is Cc1nc(N2CC3CN(C(=O)c4ccc(F)cc4-n4nccn4)CC3C2)nc(C)c1C. The van der Waals surface area contributed by atoms with Gasteiger partial charge in [0, 0.05) is 55.5 Å². The molecule has 2 atom stereocenters. The van der Waals surface area contributed by atoms with Gasteiger partial charge in [-0.3, -0.25) is 4.79 Å². The molecule has 2 saturated heterocycles. The average Bonchev–Trinajstić information content (AvgIpc) is 3.47. The zero-order valence-corrected chi connectivity index (χ0v) is 17.8. The van der Waals surface area contributed by atoms with E-state index in [1.165, 1.54) is 35.4 Å². The molecule has 4 heterocycles. The first kappa shape index (κ1) is 19.6. The molecule has 9 heteroatoms. The van der Waals surface area contributed by atoms with Crippen LogP contribution in [0.15, 0.2) is 30.6 Å². The van der Waals surface area contributed by atoms with Gasteiger partial charge in [-0.1, -0.05) is 0 Å². The highest BCUT2D eigenvalue weighted by molar-refractivity contribution is 5.98. The van der Waals surface area contributed by atoms with Gasteiger partial charge in [0.1, 0.15) is 11.5 Å². The third-order valence-electron chi connectivity index (χ3n) is 6.50. The Kier molecular flexibility index (Phi) is 4.68. The van der Waals surface area contributed by atoms with Crippen molar-refractivity contribution < 1.29 is 9.18 Å². The van der Waals surface area contributed by atoms with Crippen molar-refractivity contribution in [3.63, 3.8) is 0 Å². The van der Waals surface area contributed by atoms with Crippen LogP contribution >= 0.6 is 0 Å². The minimum Gasteiger partial charge on any atom is -0.340 e. The second-order valence-corrected chi connectivity index (χ2v) is 8.43. The average molecular weight is 421 g/mol. The molecule has 5 rings (SSSR count). The molecule has 0 N–H and O–H groups in total. The lowest BCUT2D eigenvalue weighted by Crippen LogP contribution is -2.34. The van der Waals surface area contributed by atoms with E-state index < -0.39 is 5.82 Å². The Labute approximate surface area is 179 Å². The van der Waals surface area contributed by atoms with Gasteiger partial charge in [0.25, 0.3) is 5.91 Å². The van der Waals surface area contributed by atoms with Gasteiger partial charge in [-0.15, -0.1) is 0 Å². The second-order valence-electron chi connectivity index (χ2n) is 8.43. The van der Waals surface area contributed by atoms with E-state index in [0.717, 1.165) is 36.0 Å². The molecular formula is C22H24FN7O. The lowest BCUT2D eigenvalue weighted by molar-refractivity contribution is 0.0782. The topological polar surface area (TPSA) is 80.0 Å². The summed E-state index contributed by atoms with van der Waals surface area (Å²) in [4.78, 5) is 28.0. The van der Waals surface area contributed by atoms with Crippen molar-refractivity contribution in [3.05, 3.63) is 58.9 Å². The Morgan fingerprint density at radius 1 is 0.968 bits per heavy atom. The van der Waals surface area contributed by atoms with E-state index in [0.29, 0.717) is 36.2 Å². The molecule has 0 saturated carbocycles. The lowest BCUT2D eigenvalue weighted by atomic mass is 10.0. The fourth-order valence-electron chi connectivity index (χ4n) is 4.58. The Morgan fingerprint density at radius 3 is 2.19 bits per heavy atom. The molecule has 1 amide bonds. The first-order valence-electron chi connectivity index (χ1n) is 10.4. The Morgan fingerprint density at radius 2 is 1.58 bits per heavy atom. The fourth-order valence-corrected chi connectivity index (χ4v) is 4.58. The van der Waals surface area contributed by atoms with Gasteiger partial charge >= 0.3 is 0 Å². The summed E-state index contributed by atoms with van der Waals surface area (Å²) >= 11 is 0. The van der Waals surface area contributed by atoms with Crippen molar-refractivity contribution in [1.82, 2.24) is 29.9 Å². The second kappa shape index (κ2) is 7.40. The summed E-state index contributed by atoms with van der Waals surface area (Å²) in [6.07, 6.45) is 3.01. The number of aromatic nitrogens is 5. The number of amides is 1. The Balaban J connectivity index is 1.33. The lowest BCUT2D eigenvalue weighted by Gasteiger charge is -2.23. The van der Waals surface area contributed by atoms with E-state index in [-0.39, 0.29) is 5.91 Å².